The number of carbonyl (C=O) groups excluding carboxylic acids is 3. The minimum absolute atomic E-state index is 0.0150. The lowest BCUT2D eigenvalue weighted by atomic mass is 9.78. The maximum Gasteiger partial charge on any atom is 0.335 e. The molecule has 0 radical (unpaired) electrons. The van der Waals surface area contributed by atoms with Gasteiger partial charge in [-0.3, -0.25) is 9.59 Å². The fraction of sp³-hybridized carbons (Fsp3) is 0.531. The van der Waals surface area contributed by atoms with E-state index in [1.165, 1.54) is 64.7 Å². The summed E-state index contributed by atoms with van der Waals surface area (Å²) in [4.78, 5) is 34.4. The molecule has 256 valence electrons. The van der Waals surface area contributed by atoms with Gasteiger partial charge in [0, 0.05) is 56.2 Å². The summed E-state index contributed by atoms with van der Waals surface area (Å²) in [5, 5.41) is 12.4. The van der Waals surface area contributed by atoms with E-state index in [1.54, 1.807) is 0 Å². The molecule has 1 saturated heterocycles. The fourth-order valence-electron chi connectivity index (χ4n) is 5.06. The van der Waals surface area contributed by atoms with E-state index in [-0.39, 0.29) is 29.4 Å². The first-order valence-corrected chi connectivity index (χ1v) is 16.0. The van der Waals surface area contributed by atoms with Crippen molar-refractivity contribution in [2.75, 3.05) is 19.5 Å². The highest BCUT2D eigenvalue weighted by Crippen LogP contribution is 2.31. The normalized spacial score (nSPS) is 23.9. The van der Waals surface area contributed by atoms with Crippen LogP contribution in [0, 0.1) is 23.5 Å². The molecule has 10 nitrogen and oxygen atoms in total. The molecule has 1 heterocycles. The first-order valence-electron chi connectivity index (χ1n) is 14.8. The molecule has 46 heavy (non-hydrogen) atoms. The molecule has 4 rings (SSSR count). The van der Waals surface area contributed by atoms with Gasteiger partial charge in [-0.25, -0.2) is 13.6 Å². The van der Waals surface area contributed by atoms with Crippen LogP contribution >= 0.6 is 23.6 Å². The molecule has 1 aliphatic heterocycles. The summed E-state index contributed by atoms with van der Waals surface area (Å²) in [6, 6.07) is 7.35. The van der Waals surface area contributed by atoms with Crippen molar-refractivity contribution in [2.45, 2.75) is 88.8 Å². The van der Waals surface area contributed by atoms with Crippen molar-refractivity contribution in [1.29, 1.82) is 0 Å². The third-order valence-corrected chi connectivity index (χ3v) is 8.58. The number of carbonyl (C=O) groups is 3. The highest BCUT2D eigenvalue weighted by atomic mass is 35.5. The average molecular weight is 690 g/mol. The maximum atomic E-state index is 13.0. The van der Waals surface area contributed by atoms with Gasteiger partial charge in [-0.05, 0) is 55.0 Å². The Kier molecular flexibility index (Phi) is 16.9. The second-order valence-corrected chi connectivity index (χ2v) is 11.9. The summed E-state index contributed by atoms with van der Waals surface area (Å²) < 4.78 is 54.7. The van der Waals surface area contributed by atoms with Gasteiger partial charge in [0.15, 0.2) is 24.0 Å². The Labute approximate surface area is 277 Å². The van der Waals surface area contributed by atoms with E-state index >= 15 is 0 Å². The molecular weight excluding hydrogens is 648 g/mol. The minimum Gasteiger partial charge on any atom is -0.467 e. The number of ether oxygens (including phenoxy) is 4. The van der Waals surface area contributed by atoms with Crippen molar-refractivity contribution in [3.63, 3.8) is 0 Å². The molecular formula is C32H42ClF2NO9S. The number of aliphatic hydroxyl groups is 1. The summed E-state index contributed by atoms with van der Waals surface area (Å²) >= 11 is 6.21. The zero-order valence-electron chi connectivity index (χ0n) is 26.5. The standard InChI is InChI=1S/C13H8ClF2NO2S.C10H16O6.C9H18O/c14-9-3-1-7(5-12(9)20-19)13(18)17-8-2-4-10(15)11(16)6-8;1-6(11)15-7-4-8(10(12)14-3)16-9(5-7)13-2;1-3-8-6-4-5-7(2)9(8)10/h1-6,19H,(H,17,18);7-9H,4-5H2,1-3H3;7-10H,3-6H2,1-2H3. The molecule has 0 bridgehead atoms. The van der Waals surface area contributed by atoms with Crippen molar-refractivity contribution in [1.82, 2.24) is 0 Å². The van der Waals surface area contributed by atoms with Crippen molar-refractivity contribution in [3.05, 3.63) is 58.6 Å². The Bertz CT molecular complexity index is 1300. The Balaban J connectivity index is 0.000000254. The first kappa shape index (κ1) is 39.4. The number of hydrogen-bond donors (Lipinski definition) is 3. The van der Waals surface area contributed by atoms with Crippen LogP contribution in [0.3, 0.4) is 0 Å². The van der Waals surface area contributed by atoms with E-state index in [9.17, 15) is 28.3 Å². The number of anilines is 1. The van der Waals surface area contributed by atoms with Crippen LogP contribution in [-0.4, -0.2) is 66.3 Å². The smallest absolute Gasteiger partial charge is 0.335 e. The maximum absolute atomic E-state index is 13.0. The van der Waals surface area contributed by atoms with E-state index in [1.807, 2.05) is 0 Å². The van der Waals surface area contributed by atoms with Crippen LogP contribution in [0.1, 0.15) is 69.7 Å². The van der Waals surface area contributed by atoms with Crippen LogP contribution in [-0.2, 0) is 28.5 Å². The lowest BCUT2D eigenvalue weighted by molar-refractivity contribution is -0.219. The van der Waals surface area contributed by atoms with Crippen molar-refractivity contribution < 1.29 is 51.8 Å². The lowest BCUT2D eigenvalue weighted by Gasteiger charge is -2.32. The molecule has 1 aliphatic carbocycles. The SMILES string of the molecule is CCC1CCCC(C)C1O.COC(=O)C1CC(OC(C)=O)CC(OC)O1.O=C(Nc1ccc(F)c(F)c1)c1ccc(Cl)c(SO)c1. The van der Waals surface area contributed by atoms with E-state index in [2.05, 4.69) is 23.9 Å². The van der Waals surface area contributed by atoms with E-state index in [0.29, 0.717) is 46.6 Å². The highest BCUT2D eigenvalue weighted by molar-refractivity contribution is 7.93. The lowest BCUT2D eigenvalue weighted by Crippen LogP contribution is -2.42. The summed E-state index contributed by atoms with van der Waals surface area (Å²) in [7, 11) is 2.75. The molecule has 3 N–H and O–H groups in total. The van der Waals surface area contributed by atoms with E-state index in [0.717, 1.165) is 18.6 Å². The summed E-state index contributed by atoms with van der Waals surface area (Å²) in [6.07, 6.45) is 3.95. The molecule has 2 aromatic carbocycles. The predicted molar refractivity (Wildman–Crippen MR) is 170 cm³/mol. The molecule has 1 amide bonds. The zero-order chi connectivity index (χ0) is 34.4. The molecule has 1 saturated carbocycles. The highest BCUT2D eigenvalue weighted by Gasteiger charge is 2.36. The van der Waals surface area contributed by atoms with Gasteiger partial charge >= 0.3 is 11.9 Å². The third-order valence-electron chi connectivity index (χ3n) is 7.60. The molecule has 0 aromatic heterocycles. The molecule has 2 aliphatic rings. The minimum atomic E-state index is -1.05. The van der Waals surface area contributed by atoms with Gasteiger partial charge in [0.05, 0.1) is 23.1 Å². The number of nitrogens with one attached hydrogen (secondary N) is 1. The van der Waals surface area contributed by atoms with Crippen LogP contribution in [0.4, 0.5) is 14.5 Å². The number of rotatable bonds is 7. The quantitative estimate of drug-likeness (QED) is 0.208. The third kappa shape index (κ3) is 12.4. The second kappa shape index (κ2) is 19.8. The number of amides is 1. The van der Waals surface area contributed by atoms with Gasteiger partial charge in [0.1, 0.15) is 6.10 Å². The average Bonchev–Trinajstić information content (AvgIpc) is 3.04. The Morgan fingerprint density at radius 3 is 2.37 bits per heavy atom. The van der Waals surface area contributed by atoms with Gasteiger partial charge in [-0.1, -0.05) is 38.3 Å². The number of methoxy groups -OCH3 is 2. The largest absolute Gasteiger partial charge is 0.467 e. The van der Waals surface area contributed by atoms with Crippen LogP contribution < -0.4 is 5.32 Å². The molecule has 2 aromatic rings. The van der Waals surface area contributed by atoms with Crippen molar-refractivity contribution in [2.24, 2.45) is 11.8 Å². The number of benzene rings is 2. The Morgan fingerprint density at radius 1 is 1.09 bits per heavy atom. The van der Waals surface area contributed by atoms with E-state index in [4.69, 9.17) is 30.4 Å². The predicted octanol–water partition coefficient (Wildman–Crippen LogP) is 6.87. The van der Waals surface area contributed by atoms with Gasteiger partial charge in [-0.2, -0.15) is 0 Å². The number of aliphatic hydroxyl groups excluding tert-OH is 1. The zero-order valence-corrected chi connectivity index (χ0v) is 28.0. The Hall–Kier alpha value is -2.81. The number of hydrogen-bond acceptors (Lipinski definition) is 10. The van der Waals surface area contributed by atoms with Gasteiger partial charge < -0.3 is 33.9 Å². The fourth-order valence-corrected chi connectivity index (χ4v) is 5.61. The van der Waals surface area contributed by atoms with Crippen molar-refractivity contribution in [3.8, 4) is 0 Å². The second-order valence-electron chi connectivity index (χ2n) is 10.9. The molecule has 6 unspecified atom stereocenters. The molecule has 14 heteroatoms. The molecule has 0 spiro atoms. The number of halogens is 3. The summed E-state index contributed by atoms with van der Waals surface area (Å²) in [5.41, 5.74) is 0.359. The monoisotopic (exact) mass is 689 g/mol. The van der Waals surface area contributed by atoms with Crippen LogP contribution in [0.15, 0.2) is 41.3 Å². The van der Waals surface area contributed by atoms with E-state index < -0.39 is 35.9 Å². The van der Waals surface area contributed by atoms with Crippen molar-refractivity contribution >= 4 is 47.2 Å². The Morgan fingerprint density at radius 2 is 1.80 bits per heavy atom. The number of esters is 2. The van der Waals surface area contributed by atoms with Gasteiger partial charge in [-0.15, -0.1) is 0 Å². The van der Waals surface area contributed by atoms with Gasteiger partial charge in [0.25, 0.3) is 5.91 Å². The topological polar surface area (TPSA) is 141 Å². The van der Waals surface area contributed by atoms with Crippen LogP contribution in [0.5, 0.6) is 0 Å². The summed E-state index contributed by atoms with van der Waals surface area (Å²) in [5.74, 6) is -2.31. The van der Waals surface area contributed by atoms with Gasteiger partial charge in [0.2, 0.25) is 0 Å². The molecule has 6 atom stereocenters. The molecule has 2 fully saturated rings. The summed E-state index contributed by atoms with van der Waals surface area (Å²) in [6.45, 7) is 5.66. The van der Waals surface area contributed by atoms with Crippen LogP contribution in [0.25, 0.3) is 0 Å². The van der Waals surface area contributed by atoms with Crippen LogP contribution in [0.2, 0.25) is 5.02 Å². The first-order chi connectivity index (χ1) is 21.8.